The van der Waals surface area contributed by atoms with Gasteiger partial charge in [0.15, 0.2) is 0 Å². The van der Waals surface area contributed by atoms with Crippen LogP contribution in [0.3, 0.4) is 0 Å². The Hall–Kier alpha value is -2.24. The number of nitrogens with zero attached hydrogens (tertiary/aromatic N) is 2. The first kappa shape index (κ1) is 19.1. The Bertz CT molecular complexity index is 863. The maximum absolute atomic E-state index is 13.5. The lowest BCUT2D eigenvalue weighted by atomic mass is 9.81. The minimum atomic E-state index is -0.515. The van der Waals surface area contributed by atoms with E-state index in [0.29, 0.717) is 6.61 Å². The molecule has 4 rings (SSSR count). The first-order valence-electron chi connectivity index (χ1n) is 10.1. The summed E-state index contributed by atoms with van der Waals surface area (Å²) in [7, 11) is 4.16. The predicted molar refractivity (Wildman–Crippen MR) is 110 cm³/mol. The standard InChI is InChI=1S/C23H28FN3O/c1-27(2)14-3-11-23(19-6-8-20(24)9-7-19)21-10-5-17(15-18(21)16-28-23)22-25-12-4-13-26-22/h5-10,15H,3-4,11-14,16H2,1-2H3,(H,25,26). The molecular formula is C23H28FN3O. The monoisotopic (exact) mass is 381 g/mol. The van der Waals surface area contributed by atoms with E-state index >= 15 is 0 Å². The van der Waals surface area contributed by atoms with Crippen LogP contribution in [0.1, 0.15) is 41.5 Å². The van der Waals surface area contributed by atoms with Crippen molar-refractivity contribution in [2.24, 2.45) is 4.99 Å². The maximum Gasteiger partial charge on any atom is 0.128 e. The van der Waals surface area contributed by atoms with Crippen molar-refractivity contribution in [2.75, 3.05) is 33.7 Å². The van der Waals surface area contributed by atoms with E-state index in [1.165, 1.54) is 23.3 Å². The molecule has 148 valence electrons. The minimum Gasteiger partial charge on any atom is -0.370 e. The Balaban J connectivity index is 1.70. The van der Waals surface area contributed by atoms with E-state index < -0.39 is 5.60 Å². The zero-order valence-electron chi connectivity index (χ0n) is 16.7. The first-order valence-corrected chi connectivity index (χ1v) is 10.1. The highest BCUT2D eigenvalue weighted by molar-refractivity contribution is 5.99. The molecular weight excluding hydrogens is 353 g/mol. The second kappa shape index (κ2) is 8.02. The summed E-state index contributed by atoms with van der Waals surface area (Å²) in [6.07, 6.45) is 2.94. The highest BCUT2D eigenvalue weighted by Gasteiger charge is 2.41. The molecule has 0 spiro atoms. The molecule has 0 fully saturated rings. The number of amidine groups is 1. The van der Waals surface area contributed by atoms with Gasteiger partial charge in [-0.1, -0.05) is 24.3 Å². The van der Waals surface area contributed by atoms with Crippen LogP contribution in [0.2, 0.25) is 0 Å². The van der Waals surface area contributed by atoms with Gasteiger partial charge in [0.1, 0.15) is 17.3 Å². The number of ether oxygens (including phenoxy) is 1. The van der Waals surface area contributed by atoms with Gasteiger partial charge in [-0.05, 0) is 74.8 Å². The average Bonchev–Trinajstić information content (AvgIpc) is 3.08. The molecule has 2 aromatic rings. The molecule has 0 bridgehead atoms. The molecule has 0 amide bonds. The van der Waals surface area contributed by atoms with Crippen LogP contribution in [0.15, 0.2) is 47.5 Å². The Kier molecular flexibility index (Phi) is 5.47. The molecule has 1 unspecified atom stereocenters. The normalized spacial score (nSPS) is 21.4. The third kappa shape index (κ3) is 3.69. The minimum absolute atomic E-state index is 0.220. The Morgan fingerprint density at radius 2 is 2.00 bits per heavy atom. The number of halogens is 1. The van der Waals surface area contributed by atoms with Crippen LogP contribution in [0.25, 0.3) is 0 Å². The lowest BCUT2D eigenvalue weighted by Gasteiger charge is -2.31. The number of rotatable bonds is 6. The molecule has 1 atom stereocenters. The number of aliphatic imine (C=N–C) groups is 1. The summed E-state index contributed by atoms with van der Waals surface area (Å²) in [5.41, 5.74) is 4.01. The van der Waals surface area contributed by atoms with Crippen molar-refractivity contribution in [2.45, 2.75) is 31.5 Å². The van der Waals surface area contributed by atoms with Crippen LogP contribution in [-0.4, -0.2) is 44.5 Å². The van der Waals surface area contributed by atoms with Gasteiger partial charge in [-0.25, -0.2) is 4.39 Å². The van der Waals surface area contributed by atoms with Gasteiger partial charge in [0.2, 0.25) is 0 Å². The third-order valence-corrected chi connectivity index (χ3v) is 5.63. The van der Waals surface area contributed by atoms with Crippen molar-refractivity contribution in [3.05, 3.63) is 70.5 Å². The van der Waals surface area contributed by atoms with E-state index in [1.807, 2.05) is 12.1 Å². The van der Waals surface area contributed by atoms with Crippen LogP contribution in [0.4, 0.5) is 4.39 Å². The van der Waals surface area contributed by atoms with E-state index in [2.05, 4.69) is 47.5 Å². The number of benzene rings is 2. The van der Waals surface area contributed by atoms with Gasteiger partial charge in [-0.2, -0.15) is 0 Å². The van der Waals surface area contributed by atoms with Crippen molar-refractivity contribution in [3.63, 3.8) is 0 Å². The second-order valence-electron chi connectivity index (χ2n) is 7.91. The van der Waals surface area contributed by atoms with E-state index in [9.17, 15) is 4.39 Å². The quantitative estimate of drug-likeness (QED) is 0.829. The molecule has 0 aromatic heterocycles. The number of nitrogens with one attached hydrogen (secondary N) is 1. The van der Waals surface area contributed by atoms with Gasteiger partial charge in [-0.3, -0.25) is 4.99 Å². The van der Waals surface area contributed by atoms with Crippen LogP contribution in [0.5, 0.6) is 0 Å². The number of hydrogen-bond donors (Lipinski definition) is 1. The van der Waals surface area contributed by atoms with Crippen molar-refractivity contribution >= 4 is 5.84 Å². The molecule has 0 radical (unpaired) electrons. The molecule has 0 saturated heterocycles. The fraction of sp³-hybridized carbons (Fsp3) is 0.435. The smallest absolute Gasteiger partial charge is 0.128 e. The molecule has 2 aliphatic rings. The van der Waals surface area contributed by atoms with Gasteiger partial charge in [0.25, 0.3) is 0 Å². The number of hydrogen-bond acceptors (Lipinski definition) is 4. The van der Waals surface area contributed by atoms with Crippen molar-refractivity contribution in [3.8, 4) is 0 Å². The van der Waals surface area contributed by atoms with Gasteiger partial charge < -0.3 is 15.0 Å². The van der Waals surface area contributed by atoms with Crippen LogP contribution >= 0.6 is 0 Å². The summed E-state index contributed by atoms with van der Waals surface area (Å²) in [5.74, 6) is 0.753. The lowest BCUT2D eigenvalue weighted by molar-refractivity contribution is -0.0140. The van der Waals surface area contributed by atoms with Gasteiger partial charge in [-0.15, -0.1) is 0 Å². The Labute approximate surface area is 166 Å². The molecule has 5 heteroatoms. The highest BCUT2D eigenvalue weighted by Crippen LogP contribution is 2.45. The van der Waals surface area contributed by atoms with E-state index in [0.717, 1.165) is 55.9 Å². The number of fused-ring (bicyclic) bond motifs is 1. The lowest BCUT2D eigenvalue weighted by Crippen LogP contribution is -2.30. The highest BCUT2D eigenvalue weighted by atomic mass is 19.1. The van der Waals surface area contributed by atoms with Gasteiger partial charge in [0, 0.05) is 18.7 Å². The topological polar surface area (TPSA) is 36.9 Å². The second-order valence-corrected chi connectivity index (χ2v) is 7.91. The van der Waals surface area contributed by atoms with Gasteiger partial charge >= 0.3 is 0 Å². The summed E-state index contributed by atoms with van der Waals surface area (Å²) in [6.45, 7) is 3.40. The summed E-state index contributed by atoms with van der Waals surface area (Å²) < 4.78 is 20.0. The molecule has 4 nitrogen and oxygen atoms in total. The molecule has 2 aromatic carbocycles. The third-order valence-electron chi connectivity index (χ3n) is 5.63. The van der Waals surface area contributed by atoms with Gasteiger partial charge in [0.05, 0.1) is 6.61 Å². The van der Waals surface area contributed by atoms with Crippen LogP contribution < -0.4 is 5.32 Å². The Morgan fingerprint density at radius 3 is 2.71 bits per heavy atom. The molecule has 0 aliphatic carbocycles. The van der Waals surface area contributed by atoms with Crippen LogP contribution in [0, 0.1) is 5.82 Å². The first-order chi connectivity index (χ1) is 13.6. The fourth-order valence-electron chi connectivity index (χ4n) is 4.21. The predicted octanol–water partition coefficient (Wildman–Crippen LogP) is 3.68. The van der Waals surface area contributed by atoms with Crippen LogP contribution in [-0.2, 0) is 16.9 Å². The van der Waals surface area contributed by atoms with Crippen molar-refractivity contribution in [1.82, 2.24) is 10.2 Å². The summed E-state index contributed by atoms with van der Waals surface area (Å²) >= 11 is 0. The summed E-state index contributed by atoms with van der Waals surface area (Å²) in [4.78, 5) is 6.80. The molecule has 2 heterocycles. The molecule has 2 aliphatic heterocycles. The SMILES string of the molecule is CN(C)CCCC1(c2ccc(F)cc2)OCc2cc(C3=NCCCN3)ccc21. The van der Waals surface area contributed by atoms with E-state index in [1.54, 1.807) is 0 Å². The molecule has 1 N–H and O–H groups in total. The average molecular weight is 381 g/mol. The molecule has 28 heavy (non-hydrogen) atoms. The zero-order chi connectivity index (χ0) is 19.6. The van der Waals surface area contributed by atoms with Crippen molar-refractivity contribution in [1.29, 1.82) is 0 Å². The largest absolute Gasteiger partial charge is 0.370 e. The Morgan fingerprint density at radius 1 is 1.18 bits per heavy atom. The zero-order valence-corrected chi connectivity index (χ0v) is 16.7. The van der Waals surface area contributed by atoms with E-state index in [4.69, 9.17) is 4.74 Å². The van der Waals surface area contributed by atoms with E-state index in [-0.39, 0.29) is 5.82 Å². The maximum atomic E-state index is 13.5. The summed E-state index contributed by atoms with van der Waals surface area (Å²) in [6, 6.07) is 13.3. The summed E-state index contributed by atoms with van der Waals surface area (Å²) in [5, 5.41) is 3.39. The van der Waals surface area contributed by atoms with Crippen molar-refractivity contribution < 1.29 is 9.13 Å². The molecule has 0 saturated carbocycles. The fourth-order valence-corrected chi connectivity index (χ4v) is 4.21.